The Bertz CT molecular complexity index is 531. The first-order valence-corrected chi connectivity index (χ1v) is 8.06. The summed E-state index contributed by atoms with van der Waals surface area (Å²) in [4.78, 5) is 25.5. The first kappa shape index (κ1) is 16.9. The molecule has 0 radical (unpaired) electrons. The molecule has 2 rings (SSSR count). The SMILES string of the molecule is O=C(NC1CCN(C(=O)OCCCl)CC1)c1ccccc1Cl. The van der Waals surface area contributed by atoms with Gasteiger partial charge in [0.15, 0.2) is 0 Å². The zero-order valence-corrected chi connectivity index (χ0v) is 13.6. The molecule has 0 bridgehead atoms. The van der Waals surface area contributed by atoms with Crippen molar-refractivity contribution in [3.63, 3.8) is 0 Å². The molecule has 22 heavy (non-hydrogen) atoms. The molecule has 0 unspecified atom stereocenters. The number of carbonyl (C=O) groups is 2. The molecule has 0 spiro atoms. The molecule has 1 aliphatic heterocycles. The summed E-state index contributed by atoms with van der Waals surface area (Å²) >= 11 is 11.5. The van der Waals surface area contributed by atoms with Gasteiger partial charge in [-0.15, -0.1) is 11.6 Å². The normalized spacial score (nSPS) is 15.5. The largest absolute Gasteiger partial charge is 0.448 e. The lowest BCUT2D eigenvalue weighted by molar-refractivity contribution is 0.0862. The fourth-order valence-corrected chi connectivity index (χ4v) is 2.63. The highest BCUT2D eigenvalue weighted by atomic mass is 35.5. The van der Waals surface area contributed by atoms with Crippen LogP contribution in [0.25, 0.3) is 0 Å². The van der Waals surface area contributed by atoms with E-state index >= 15 is 0 Å². The number of halogens is 2. The van der Waals surface area contributed by atoms with Gasteiger partial charge in [-0.25, -0.2) is 4.79 Å². The van der Waals surface area contributed by atoms with Crippen LogP contribution in [0, 0.1) is 0 Å². The summed E-state index contributed by atoms with van der Waals surface area (Å²) in [6.45, 7) is 1.31. The smallest absolute Gasteiger partial charge is 0.409 e. The van der Waals surface area contributed by atoms with E-state index in [9.17, 15) is 9.59 Å². The average Bonchev–Trinajstić information content (AvgIpc) is 2.53. The van der Waals surface area contributed by atoms with Crippen LogP contribution in [0.4, 0.5) is 4.79 Å². The Labute approximate surface area is 139 Å². The van der Waals surface area contributed by atoms with Gasteiger partial charge in [0.1, 0.15) is 6.61 Å². The van der Waals surface area contributed by atoms with E-state index in [0.717, 1.165) is 0 Å². The van der Waals surface area contributed by atoms with Crippen molar-refractivity contribution >= 4 is 35.2 Å². The third kappa shape index (κ3) is 4.52. The highest BCUT2D eigenvalue weighted by Gasteiger charge is 2.25. The monoisotopic (exact) mass is 344 g/mol. The van der Waals surface area contributed by atoms with E-state index in [1.165, 1.54) is 0 Å². The predicted octanol–water partition coefficient (Wildman–Crippen LogP) is 2.91. The third-order valence-corrected chi connectivity index (χ3v) is 3.99. The summed E-state index contributed by atoms with van der Waals surface area (Å²) < 4.78 is 4.98. The Hall–Kier alpha value is -1.46. The van der Waals surface area contributed by atoms with Crippen LogP contribution < -0.4 is 5.32 Å². The summed E-state index contributed by atoms with van der Waals surface area (Å²) in [5.41, 5.74) is 0.466. The molecule has 1 aliphatic rings. The Morgan fingerprint density at radius 3 is 2.59 bits per heavy atom. The lowest BCUT2D eigenvalue weighted by Crippen LogP contribution is -2.46. The van der Waals surface area contributed by atoms with Crippen LogP contribution in [0.5, 0.6) is 0 Å². The fraction of sp³-hybridized carbons (Fsp3) is 0.467. The molecule has 0 saturated carbocycles. The molecule has 5 nitrogen and oxygen atoms in total. The maximum absolute atomic E-state index is 12.2. The van der Waals surface area contributed by atoms with Crippen molar-refractivity contribution in [3.05, 3.63) is 34.9 Å². The second kappa shape index (κ2) is 8.25. The van der Waals surface area contributed by atoms with E-state index in [0.29, 0.717) is 36.5 Å². The Balaban J connectivity index is 1.81. The summed E-state index contributed by atoms with van der Waals surface area (Å²) in [6.07, 6.45) is 1.02. The number of benzene rings is 1. The minimum absolute atomic E-state index is 0.0286. The molecule has 2 amide bonds. The van der Waals surface area contributed by atoms with E-state index < -0.39 is 0 Å². The molecular formula is C15H18Cl2N2O3. The molecule has 1 aromatic carbocycles. The summed E-state index contributed by atoms with van der Waals surface area (Å²) in [6, 6.07) is 6.96. The van der Waals surface area contributed by atoms with Gasteiger partial charge in [0.25, 0.3) is 5.91 Å². The van der Waals surface area contributed by atoms with Crippen molar-refractivity contribution in [1.29, 1.82) is 0 Å². The first-order chi connectivity index (χ1) is 10.6. The molecular weight excluding hydrogens is 327 g/mol. The van der Waals surface area contributed by atoms with Crippen molar-refractivity contribution in [2.75, 3.05) is 25.6 Å². The van der Waals surface area contributed by atoms with Crippen molar-refractivity contribution in [3.8, 4) is 0 Å². The quantitative estimate of drug-likeness (QED) is 0.854. The van der Waals surface area contributed by atoms with Crippen LogP contribution in [0.3, 0.4) is 0 Å². The highest BCUT2D eigenvalue weighted by molar-refractivity contribution is 6.33. The number of amides is 2. The Morgan fingerprint density at radius 2 is 1.95 bits per heavy atom. The lowest BCUT2D eigenvalue weighted by Gasteiger charge is -2.31. The number of likely N-dealkylation sites (tertiary alicyclic amines) is 1. The average molecular weight is 345 g/mol. The maximum Gasteiger partial charge on any atom is 0.409 e. The van der Waals surface area contributed by atoms with Crippen LogP contribution in [0.15, 0.2) is 24.3 Å². The van der Waals surface area contributed by atoms with Gasteiger partial charge >= 0.3 is 6.09 Å². The van der Waals surface area contributed by atoms with Crippen molar-refractivity contribution in [2.24, 2.45) is 0 Å². The molecule has 0 atom stereocenters. The van der Waals surface area contributed by atoms with E-state index in [1.54, 1.807) is 29.2 Å². The summed E-state index contributed by atoms with van der Waals surface area (Å²) in [7, 11) is 0. The van der Waals surface area contributed by atoms with Gasteiger partial charge in [-0.2, -0.15) is 0 Å². The third-order valence-electron chi connectivity index (χ3n) is 3.51. The number of alkyl halides is 1. The van der Waals surface area contributed by atoms with Crippen LogP contribution in [0.2, 0.25) is 5.02 Å². The van der Waals surface area contributed by atoms with Crippen molar-refractivity contribution in [1.82, 2.24) is 10.2 Å². The maximum atomic E-state index is 12.2. The molecule has 1 fully saturated rings. The second-order valence-electron chi connectivity index (χ2n) is 5.02. The topological polar surface area (TPSA) is 58.6 Å². The molecule has 0 aromatic heterocycles. The molecule has 0 aliphatic carbocycles. The van der Waals surface area contributed by atoms with Crippen LogP contribution >= 0.6 is 23.2 Å². The zero-order chi connectivity index (χ0) is 15.9. The van der Waals surface area contributed by atoms with E-state index in [1.807, 2.05) is 0 Å². The van der Waals surface area contributed by atoms with Crippen LogP contribution in [-0.4, -0.2) is 48.5 Å². The number of hydrogen-bond donors (Lipinski definition) is 1. The van der Waals surface area contributed by atoms with Gasteiger partial charge in [0, 0.05) is 19.1 Å². The van der Waals surface area contributed by atoms with Gasteiger partial charge in [0.05, 0.1) is 16.5 Å². The minimum Gasteiger partial charge on any atom is -0.448 e. The van der Waals surface area contributed by atoms with Crippen molar-refractivity contribution in [2.45, 2.75) is 18.9 Å². The van der Waals surface area contributed by atoms with Crippen LogP contribution in [-0.2, 0) is 4.74 Å². The molecule has 7 heteroatoms. The van der Waals surface area contributed by atoms with Crippen molar-refractivity contribution < 1.29 is 14.3 Å². The molecule has 1 N–H and O–H groups in total. The predicted molar refractivity (Wildman–Crippen MR) is 85.6 cm³/mol. The number of ether oxygens (including phenoxy) is 1. The molecule has 120 valence electrons. The highest BCUT2D eigenvalue weighted by Crippen LogP contribution is 2.17. The van der Waals surface area contributed by atoms with Gasteiger partial charge < -0.3 is 15.0 Å². The fourth-order valence-electron chi connectivity index (χ4n) is 2.33. The van der Waals surface area contributed by atoms with Gasteiger partial charge in [-0.1, -0.05) is 23.7 Å². The molecule has 1 heterocycles. The van der Waals surface area contributed by atoms with Gasteiger partial charge in [-0.05, 0) is 25.0 Å². The lowest BCUT2D eigenvalue weighted by atomic mass is 10.0. The van der Waals surface area contributed by atoms with Crippen LogP contribution in [0.1, 0.15) is 23.2 Å². The summed E-state index contributed by atoms with van der Waals surface area (Å²) in [5, 5.41) is 3.39. The van der Waals surface area contributed by atoms with E-state index in [2.05, 4.69) is 5.32 Å². The number of rotatable bonds is 4. The number of hydrogen-bond acceptors (Lipinski definition) is 3. The van der Waals surface area contributed by atoms with E-state index in [-0.39, 0.29) is 30.5 Å². The standard InChI is InChI=1S/C15H18Cl2N2O3/c16-7-10-22-15(21)19-8-5-11(6-9-19)18-14(20)12-3-1-2-4-13(12)17/h1-4,11H,5-10H2,(H,18,20). The number of piperidine rings is 1. The first-order valence-electron chi connectivity index (χ1n) is 7.15. The van der Waals surface area contributed by atoms with Gasteiger partial charge in [0.2, 0.25) is 0 Å². The number of nitrogens with one attached hydrogen (secondary N) is 1. The molecule has 1 saturated heterocycles. The molecule has 1 aromatic rings. The zero-order valence-electron chi connectivity index (χ0n) is 12.1. The number of carbonyl (C=O) groups excluding carboxylic acids is 2. The Kier molecular flexibility index (Phi) is 6.34. The summed E-state index contributed by atoms with van der Waals surface area (Å²) in [5.74, 6) is 0.101. The Morgan fingerprint density at radius 1 is 1.27 bits per heavy atom. The van der Waals surface area contributed by atoms with E-state index in [4.69, 9.17) is 27.9 Å². The van der Waals surface area contributed by atoms with Gasteiger partial charge in [-0.3, -0.25) is 4.79 Å². The number of nitrogens with zero attached hydrogens (tertiary/aromatic N) is 1. The minimum atomic E-state index is -0.350. The second-order valence-corrected chi connectivity index (χ2v) is 5.80.